The van der Waals surface area contributed by atoms with Gasteiger partial charge < -0.3 is 14.6 Å². The van der Waals surface area contributed by atoms with Crippen LogP contribution < -0.4 is 5.32 Å². The zero-order chi connectivity index (χ0) is 13.4. The Labute approximate surface area is 111 Å². The highest BCUT2D eigenvalue weighted by molar-refractivity contribution is 7.84. The van der Waals surface area contributed by atoms with Gasteiger partial charge in [-0.15, -0.1) is 0 Å². The summed E-state index contributed by atoms with van der Waals surface area (Å²) in [5, 5.41) is 3.28. The van der Waals surface area contributed by atoms with Gasteiger partial charge in [-0.25, -0.2) is 4.98 Å². The van der Waals surface area contributed by atoms with Gasteiger partial charge in [-0.2, -0.15) is 0 Å². The molecular weight excluding hydrogens is 250 g/mol. The third-order valence-electron chi connectivity index (χ3n) is 2.59. The van der Waals surface area contributed by atoms with Gasteiger partial charge in [0.15, 0.2) is 0 Å². The van der Waals surface area contributed by atoms with E-state index in [2.05, 4.69) is 10.3 Å². The second kappa shape index (κ2) is 8.26. The first-order valence-corrected chi connectivity index (χ1v) is 7.77. The van der Waals surface area contributed by atoms with E-state index in [9.17, 15) is 4.21 Å². The number of aryl methyl sites for hydroxylation is 2. The monoisotopic (exact) mass is 273 g/mol. The smallest absolute Gasteiger partial charge is 0.203 e. The first kappa shape index (κ1) is 15.2. The number of imidazole rings is 1. The number of hydrogen-bond donors (Lipinski definition) is 1. The molecule has 18 heavy (non-hydrogen) atoms. The van der Waals surface area contributed by atoms with Crippen molar-refractivity contribution >= 4 is 16.7 Å². The topological polar surface area (TPSA) is 56.2 Å². The number of nitrogens with one attached hydrogen (secondary N) is 1. The summed E-state index contributed by atoms with van der Waals surface area (Å²) in [6, 6.07) is 0. The lowest BCUT2D eigenvalue weighted by Crippen LogP contribution is -2.13. The van der Waals surface area contributed by atoms with Crippen molar-refractivity contribution in [1.82, 2.24) is 9.55 Å². The molecule has 0 saturated heterocycles. The van der Waals surface area contributed by atoms with Crippen molar-refractivity contribution in [3.05, 3.63) is 11.9 Å². The van der Waals surface area contributed by atoms with E-state index in [0.29, 0.717) is 11.5 Å². The van der Waals surface area contributed by atoms with Gasteiger partial charge in [0.25, 0.3) is 0 Å². The maximum atomic E-state index is 11.4. The second-order valence-electron chi connectivity index (χ2n) is 4.11. The van der Waals surface area contributed by atoms with Gasteiger partial charge in [-0.05, 0) is 13.3 Å². The van der Waals surface area contributed by atoms with Gasteiger partial charge in [0.1, 0.15) is 0 Å². The molecule has 1 N–H and O–H groups in total. The van der Waals surface area contributed by atoms with Crippen molar-refractivity contribution in [2.75, 3.05) is 37.1 Å². The predicted octanol–water partition coefficient (Wildman–Crippen LogP) is 1.41. The molecule has 5 nitrogen and oxygen atoms in total. The lowest BCUT2D eigenvalue weighted by molar-refractivity contribution is 0.197. The molecule has 1 atom stereocenters. The van der Waals surface area contributed by atoms with Crippen molar-refractivity contribution in [3.63, 3.8) is 0 Å². The average Bonchev–Trinajstić information content (AvgIpc) is 2.72. The van der Waals surface area contributed by atoms with Gasteiger partial charge in [-0.1, -0.05) is 6.92 Å². The Kier molecular flexibility index (Phi) is 6.97. The van der Waals surface area contributed by atoms with Gasteiger partial charge >= 0.3 is 0 Å². The van der Waals surface area contributed by atoms with Crippen LogP contribution in [0.15, 0.2) is 6.20 Å². The first-order chi connectivity index (χ1) is 8.67. The molecule has 0 fully saturated rings. The summed E-state index contributed by atoms with van der Waals surface area (Å²) in [5.41, 5.74) is 0.978. The van der Waals surface area contributed by atoms with E-state index in [1.54, 1.807) is 7.11 Å². The first-order valence-electron chi connectivity index (χ1n) is 6.29. The van der Waals surface area contributed by atoms with E-state index in [0.717, 1.165) is 37.8 Å². The predicted molar refractivity (Wildman–Crippen MR) is 75.5 cm³/mol. The zero-order valence-corrected chi connectivity index (χ0v) is 12.3. The molecule has 0 saturated carbocycles. The van der Waals surface area contributed by atoms with Crippen molar-refractivity contribution in [1.29, 1.82) is 0 Å². The van der Waals surface area contributed by atoms with Crippen LogP contribution in [0, 0.1) is 6.92 Å². The number of nitrogens with zero attached hydrogens (tertiary/aromatic N) is 2. The van der Waals surface area contributed by atoms with Crippen LogP contribution in [0.4, 0.5) is 5.95 Å². The Hall–Kier alpha value is -0.880. The van der Waals surface area contributed by atoms with Gasteiger partial charge in [0, 0.05) is 55.3 Å². The lowest BCUT2D eigenvalue weighted by Gasteiger charge is -2.09. The minimum absolute atomic E-state index is 0.680. The van der Waals surface area contributed by atoms with Crippen LogP contribution in [-0.2, 0) is 22.1 Å². The van der Waals surface area contributed by atoms with E-state index in [-0.39, 0.29) is 0 Å². The Morgan fingerprint density at radius 3 is 3.00 bits per heavy atom. The molecule has 1 heterocycles. The van der Waals surface area contributed by atoms with E-state index >= 15 is 0 Å². The van der Waals surface area contributed by atoms with E-state index in [4.69, 9.17) is 4.74 Å². The van der Waals surface area contributed by atoms with Crippen LogP contribution >= 0.6 is 0 Å². The summed E-state index contributed by atoms with van der Waals surface area (Å²) in [7, 11) is 0.968. The van der Waals surface area contributed by atoms with Crippen molar-refractivity contribution in [3.8, 4) is 0 Å². The minimum atomic E-state index is -0.732. The van der Waals surface area contributed by atoms with Crippen LogP contribution in [0.2, 0.25) is 0 Å². The summed E-state index contributed by atoms with van der Waals surface area (Å²) >= 11 is 0. The molecule has 0 aliphatic rings. The molecule has 0 amide bonds. The maximum Gasteiger partial charge on any atom is 0.203 e. The molecule has 0 bridgehead atoms. The summed E-state index contributed by atoms with van der Waals surface area (Å²) < 4.78 is 18.5. The quantitative estimate of drug-likeness (QED) is 0.691. The third kappa shape index (κ3) is 5.18. The Bertz CT molecular complexity index is 379. The fraction of sp³-hybridized carbons (Fsp3) is 0.750. The van der Waals surface area contributed by atoms with Gasteiger partial charge in [-0.3, -0.25) is 4.21 Å². The molecule has 1 rings (SSSR count). The van der Waals surface area contributed by atoms with E-state index < -0.39 is 10.8 Å². The number of aromatic nitrogens is 2. The average molecular weight is 273 g/mol. The molecule has 1 aromatic rings. The highest BCUT2D eigenvalue weighted by Gasteiger charge is 2.06. The summed E-state index contributed by atoms with van der Waals surface area (Å²) in [6.45, 7) is 6.23. The fourth-order valence-electron chi connectivity index (χ4n) is 1.62. The second-order valence-corrected chi connectivity index (χ2v) is 5.97. The van der Waals surface area contributed by atoms with Crippen LogP contribution in [0.5, 0.6) is 0 Å². The summed E-state index contributed by atoms with van der Waals surface area (Å²) in [4.78, 5) is 4.42. The fourth-order valence-corrected chi connectivity index (χ4v) is 2.31. The molecule has 6 heteroatoms. The molecule has 1 aromatic heterocycles. The van der Waals surface area contributed by atoms with Crippen LogP contribution in [-0.4, -0.2) is 45.5 Å². The molecule has 0 radical (unpaired) electrons. The molecule has 1 unspecified atom stereocenters. The Balaban J connectivity index is 2.48. The Morgan fingerprint density at radius 2 is 2.33 bits per heavy atom. The molecule has 104 valence electrons. The standard InChI is InChI=1S/C12H23N3O2S/c1-4-18(16)9-7-15-10-11(2)14-12(15)13-6-5-8-17-3/h10H,4-9H2,1-3H3,(H,13,14). The number of rotatable bonds is 9. The number of methoxy groups -OCH3 is 1. The van der Waals surface area contributed by atoms with Crippen LogP contribution in [0.3, 0.4) is 0 Å². The van der Waals surface area contributed by atoms with Crippen LogP contribution in [0.1, 0.15) is 19.0 Å². The number of ether oxygens (including phenoxy) is 1. The largest absolute Gasteiger partial charge is 0.385 e. The van der Waals surface area contributed by atoms with E-state index in [1.807, 2.05) is 24.6 Å². The SMILES string of the molecule is CCS(=O)CCn1cc(C)nc1NCCCOC. The summed E-state index contributed by atoms with van der Waals surface area (Å²) in [6.07, 6.45) is 2.94. The highest BCUT2D eigenvalue weighted by Crippen LogP contribution is 2.08. The number of anilines is 1. The molecule has 0 aliphatic heterocycles. The maximum absolute atomic E-state index is 11.4. The van der Waals surface area contributed by atoms with E-state index in [1.165, 1.54) is 0 Å². The lowest BCUT2D eigenvalue weighted by atomic mass is 10.4. The van der Waals surface area contributed by atoms with Gasteiger partial charge in [0.05, 0.1) is 5.69 Å². The Morgan fingerprint density at radius 1 is 1.56 bits per heavy atom. The number of hydrogen-bond acceptors (Lipinski definition) is 4. The third-order valence-corrected chi connectivity index (χ3v) is 3.87. The van der Waals surface area contributed by atoms with Crippen molar-refractivity contribution in [2.24, 2.45) is 0 Å². The highest BCUT2D eigenvalue weighted by atomic mass is 32.2. The minimum Gasteiger partial charge on any atom is -0.385 e. The molecule has 0 spiro atoms. The summed E-state index contributed by atoms with van der Waals surface area (Å²) in [5.74, 6) is 2.25. The molecular formula is C12H23N3O2S. The van der Waals surface area contributed by atoms with Crippen LogP contribution in [0.25, 0.3) is 0 Å². The molecule has 0 aromatic carbocycles. The zero-order valence-electron chi connectivity index (χ0n) is 11.4. The normalized spacial score (nSPS) is 12.6. The van der Waals surface area contributed by atoms with Crippen molar-refractivity contribution < 1.29 is 8.95 Å². The molecule has 0 aliphatic carbocycles. The van der Waals surface area contributed by atoms with Gasteiger partial charge in [0.2, 0.25) is 5.95 Å². The van der Waals surface area contributed by atoms with Crippen molar-refractivity contribution in [2.45, 2.75) is 26.8 Å².